The molecule has 0 spiro atoms. The number of carbonyl (C=O) groups excluding carboxylic acids is 2. The molecule has 1 amide bonds. The summed E-state index contributed by atoms with van der Waals surface area (Å²) in [6.45, 7) is 3.63. The maximum absolute atomic E-state index is 12.9. The Balaban J connectivity index is 1.92. The highest BCUT2D eigenvalue weighted by molar-refractivity contribution is 7.08. The van der Waals surface area contributed by atoms with Gasteiger partial charge in [-0.3, -0.25) is 14.2 Å². The lowest BCUT2D eigenvalue weighted by molar-refractivity contribution is -0.135. The van der Waals surface area contributed by atoms with Gasteiger partial charge < -0.3 is 10.1 Å². The number of amides is 1. The number of thiazole rings is 1. The largest absolute Gasteiger partial charge is 0.463 e. The van der Waals surface area contributed by atoms with Gasteiger partial charge in [0.05, 0.1) is 23.3 Å². The van der Waals surface area contributed by atoms with Crippen LogP contribution in [0.1, 0.15) is 31.0 Å². The SMILES string of the molecule is CCOC(=O)/C=c1\s/c(=C\c2ccsc2)c(=O)n1CC(=O)N[C@H](C)c1ccccc1. The first-order valence-electron chi connectivity index (χ1n) is 9.44. The monoisotopic (exact) mass is 442 g/mol. The number of esters is 1. The molecule has 0 fully saturated rings. The zero-order chi connectivity index (χ0) is 21.5. The predicted octanol–water partition coefficient (Wildman–Crippen LogP) is 2.02. The zero-order valence-electron chi connectivity index (χ0n) is 16.7. The van der Waals surface area contributed by atoms with Crippen molar-refractivity contribution in [1.29, 1.82) is 0 Å². The summed E-state index contributed by atoms with van der Waals surface area (Å²) in [6, 6.07) is 11.3. The lowest BCUT2D eigenvalue weighted by atomic mass is 10.1. The van der Waals surface area contributed by atoms with Gasteiger partial charge in [-0.1, -0.05) is 30.3 Å². The molecule has 0 unspecified atom stereocenters. The normalized spacial score (nSPS) is 13.3. The highest BCUT2D eigenvalue weighted by Gasteiger charge is 2.14. The van der Waals surface area contributed by atoms with Gasteiger partial charge in [-0.05, 0) is 47.9 Å². The molecule has 1 atom stereocenters. The van der Waals surface area contributed by atoms with Crippen molar-refractivity contribution in [2.45, 2.75) is 26.4 Å². The first kappa shape index (κ1) is 21.7. The molecule has 3 aromatic rings. The summed E-state index contributed by atoms with van der Waals surface area (Å²) in [5, 5.41) is 6.74. The summed E-state index contributed by atoms with van der Waals surface area (Å²) in [6.07, 6.45) is 3.02. The predicted molar refractivity (Wildman–Crippen MR) is 120 cm³/mol. The molecular weight excluding hydrogens is 420 g/mol. The number of ether oxygens (including phenoxy) is 1. The number of nitrogens with one attached hydrogen (secondary N) is 1. The van der Waals surface area contributed by atoms with Crippen LogP contribution in [0, 0.1) is 0 Å². The fourth-order valence-corrected chi connectivity index (χ4v) is 4.49. The first-order valence-corrected chi connectivity index (χ1v) is 11.2. The van der Waals surface area contributed by atoms with E-state index in [2.05, 4.69) is 5.32 Å². The summed E-state index contributed by atoms with van der Waals surface area (Å²) in [4.78, 5) is 37.5. The van der Waals surface area contributed by atoms with Crippen LogP contribution in [0.5, 0.6) is 0 Å². The van der Waals surface area contributed by atoms with E-state index in [1.54, 1.807) is 13.0 Å². The van der Waals surface area contributed by atoms with Crippen LogP contribution in [0.15, 0.2) is 52.0 Å². The summed E-state index contributed by atoms with van der Waals surface area (Å²) < 4.78 is 7.11. The standard InChI is InChI=1S/C22H22N2O4S2/c1-3-28-21(26)12-20-24(22(27)18(30-20)11-16-9-10-29-14-16)13-19(25)23-15(2)17-7-5-4-6-8-17/h4-12,14-15H,3,13H2,1-2H3,(H,23,25)/b18-11-,20-12-/t15-/m1/s1. The number of hydrogen-bond donors (Lipinski definition) is 1. The Kier molecular flexibility index (Phi) is 7.37. The van der Waals surface area contributed by atoms with Crippen molar-refractivity contribution in [2.24, 2.45) is 0 Å². The molecular formula is C22H22N2O4S2. The number of aromatic nitrogens is 1. The van der Waals surface area contributed by atoms with Gasteiger partial charge >= 0.3 is 5.97 Å². The van der Waals surface area contributed by atoms with Gasteiger partial charge in [-0.2, -0.15) is 11.3 Å². The molecule has 0 saturated heterocycles. The molecule has 8 heteroatoms. The number of benzene rings is 1. The van der Waals surface area contributed by atoms with Crippen molar-refractivity contribution in [2.75, 3.05) is 6.61 Å². The number of nitrogens with zero attached hydrogens (tertiary/aromatic N) is 1. The van der Waals surface area contributed by atoms with E-state index in [-0.39, 0.29) is 30.7 Å². The molecule has 6 nitrogen and oxygen atoms in total. The molecule has 2 heterocycles. The van der Waals surface area contributed by atoms with Crippen LogP contribution >= 0.6 is 22.7 Å². The topological polar surface area (TPSA) is 77.4 Å². The van der Waals surface area contributed by atoms with Crippen LogP contribution < -0.4 is 20.1 Å². The van der Waals surface area contributed by atoms with E-state index >= 15 is 0 Å². The second-order valence-corrected chi connectivity index (χ2v) is 8.34. The summed E-state index contributed by atoms with van der Waals surface area (Å²) in [5.41, 5.74) is 1.55. The Hall–Kier alpha value is -2.97. The lowest BCUT2D eigenvalue weighted by Crippen LogP contribution is -2.39. The van der Waals surface area contributed by atoms with Gasteiger partial charge in [0.25, 0.3) is 5.56 Å². The summed E-state index contributed by atoms with van der Waals surface area (Å²) >= 11 is 2.69. The number of hydrogen-bond acceptors (Lipinski definition) is 6. The van der Waals surface area contributed by atoms with Gasteiger partial charge in [-0.25, -0.2) is 4.79 Å². The van der Waals surface area contributed by atoms with Crippen molar-refractivity contribution < 1.29 is 14.3 Å². The first-order chi connectivity index (χ1) is 14.5. The highest BCUT2D eigenvalue weighted by Crippen LogP contribution is 2.10. The molecule has 0 aliphatic heterocycles. The van der Waals surface area contributed by atoms with Crippen molar-refractivity contribution in [1.82, 2.24) is 9.88 Å². The third-order valence-electron chi connectivity index (χ3n) is 4.28. The molecule has 30 heavy (non-hydrogen) atoms. The lowest BCUT2D eigenvalue weighted by Gasteiger charge is -2.14. The molecule has 0 aliphatic rings. The zero-order valence-corrected chi connectivity index (χ0v) is 18.3. The van der Waals surface area contributed by atoms with E-state index < -0.39 is 5.97 Å². The van der Waals surface area contributed by atoms with E-state index in [0.717, 1.165) is 22.5 Å². The van der Waals surface area contributed by atoms with Crippen molar-refractivity contribution in [3.05, 3.63) is 77.8 Å². The fourth-order valence-electron chi connectivity index (χ4n) is 2.84. The van der Waals surface area contributed by atoms with Gasteiger partial charge in [0.2, 0.25) is 5.91 Å². The molecule has 3 rings (SSSR count). The van der Waals surface area contributed by atoms with E-state index in [1.807, 2.05) is 54.1 Å². The van der Waals surface area contributed by atoms with Crippen LogP contribution in [0.3, 0.4) is 0 Å². The quantitative estimate of drug-likeness (QED) is 0.568. The second-order valence-electron chi connectivity index (χ2n) is 6.49. The van der Waals surface area contributed by atoms with Crippen molar-refractivity contribution in [3.63, 3.8) is 0 Å². The maximum Gasteiger partial charge on any atom is 0.333 e. The van der Waals surface area contributed by atoms with E-state index in [4.69, 9.17) is 4.74 Å². The Morgan fingerprint density at radius 3 is 2.67 bits per heavy atom. The van der Waals surface area contributed by atoms with Gasteiger partial charge in [-0.15, -0.1) is 11.3 Å². The molecule has 1 N–H and O–H groups in total. The number of carbonyl (C=O) groups is 2. The highest BCUT2D eigenvalue weighted by atomic mass is 32.1. The van der Waals surface area contributed by atoms with Gasteiger partial charge in [0.15, 0.2) is 0 Å². The average molecular weight is 443 g/mol. The van der Waals surface area contributed by atoms with Crippen LogP contribution in [0.2, 0.25) is 0 Å². The van der Waals surface area contributed by atoms with E-state index in [0.29, 0.717) is 9.20 Å². The van der Waals surface area contributed by atoms with Gasteiger partial charge in [0, 0.05) is 0 Å². The summed E-state index contributed by atoms with van der Waals surface area (Å²) in [5.74, 6) is -0.862. The Morgan fingerprint density at radius 2 is 2.00 bits per heavy atom. The Morgan fingerprint density at radius 1 is 1.23 bits per heavy atom. The average Bonchev–Trinajstić information content (AvgIpc) is 3.33. The molecule has 2 aromatic heterocycles. The molecule has 156 valence electrons. The van der Waals surface area contributed by atoms with E-state index in [9.17, 15) is 14.4 Å². The molecule has 0 bridgehead atoms. The number of rotatable bonds is 7. The van der Waals surface area contributed by atoms with Gasteiger partial charge in [0.1, 0.15) is 11.2 Å². The molecule has 1 aromatic carbocycles. The fraction of sp³-hybridized carbons (Fsp3) is 0.227. The van der Waals surface area contributed by atoms with E-state index in [1.165, 1.54) is 22.0 Å². The van der Waals surface area contributed by atoms with Crippen molar-refractivity contribution in [3.8, 4) is 0 Å². The minimum atomic E-state index is -0.548. The van der Waals surface area contributed by atoms with Crippen LogP contribution in [-0.4, -0.2) is 23.1 Å². The number of thiophene rings is 1. The molecule has 0 saturated carbocycles. The summed E-state index contributed by atoms with van der Waals surface area (Å²) in [7, 11) is 0. The third-order valence-corrected chi connectivity index (χ3v) is 6.05. The Labute approximate surface area is 181 Å². The third kappa shape index (κ3) is 5.55. The minimum Gasteiger partial charge on any atom is -0.463 e. The van der Waals surface area contributed by atoms with Crippen LogP contribution in [0.4, 0.5) is 0 Å². The molecule has 0 aliphatic carbocycles. The second kappa shape index (κ2) is 10.2. The van der Waals surface area contributed by atoms with Crippen molar-refractivity contribution >= 4 is 46.7 Å². The smallest absolute Gasteiger partial charge is 0.333 e. The van der Waals surface area contributed by atoms with Crippen LogP contribution in [-0.2, 0) is 20.9 Å². The minimum absolute atomic E-state index is 0.185. The Bertz CT molecular complexity index is 1180. The van der Waals surface area contributed by atoms with Crippen LogP contribution in [0.25, 0.3) is 12.2 Å². The maximum atomic E-state index is 12.9. The molecule has 0 radical (unpaired) electrons.